The first-order chi connectivity index (χ1) is 13.1. The summed E-state index contributed by atoms with van der Waals surface area (Å²) in [5.74, 6) is 0.867. The Morgan fingerprint density at radius 3 is 2.89 bits per heavy atom. The first-order valence-electron chi connectivity index (χ1n) is 8.35. The minimum Gasteiger partial charge on any atom is -0.493 e. The molecule has 0 aliphatic heterocycles. The van der Waals surface area contributed by atoms with Crippen LogP contribution in [0.3, 0.4) is 0 Å². The maximum atomic E-state index is 11.4. The molecule has 0 radical (unpaired) electrons. The van der Waals surface area contributed by atoms with Gasteiger partial charge in [-0.05, 0) is 24.6 Å². The van der Waals surface area contributed by atoms with Crippen LogP contribution in [0.15, 0.2) is 41.5 Å². The second-order valence-electron chi connectivity index (χ2n) is 5.65. The third kappa shape index (κ3) is 4.14. The van der Waals surface area contributed by atoms with Crippen molar-refractivity contribution in [1.82, 2.24) is 9.97 Å². The van der Waals surface area contributed by atoms with Crippen LogP contribution in [0, 0.1) is 10.1 Å². The second kappa shape index (κ2) is 8.17. The third-order valence-electron chi connectivity index (χ3n) is 3.70. The van der Waals surface area contributed by atoms with E-state index < -0.39 is 4.92 Å². The highest BCUT2D eigenvalue weighted by Crippen LogP contribution is 2.38. The van der Waals surface area contributed by atoms with Gasteiger partial charge in [0.25, 0.3) is 0 Å². The SMILES string of the molecule is CCCOc1c(OC)cc(/C=N\Nc2nc3ccccc3[nH]2)cc1[N+](=O)[O-]. The number of anilines is 1. The zero-order valence-electron chi connectivity index (χ0n) is 14.9. The Labute approximate surface area is 155 Å². The van der Waals surface area contributed by atoms with Gasteiger partial charge in [0.2, 0.25) is 11.7 Å². The standard InChI is InChI=1S/C18H19N5O4/c1-3-8-27-17-15(23(24)25)9-12(10-16(17)26-2)11-19-22-18-20-13-6-4-5-7-14(13)21-18/h4-7,9-11H,3,8H2,1-2H3,(H2,20,21,22)/b19-11-. The van der Waals surface area contributed by atoms with Crippen molar-refractivity contribution in [3.63, 3.8) is 0 Å². The number of benzene rings is 2. The van der Waals surface area contributed by atoms with Crippen LogP contribution >= 0.6 is 0 Å². The summed E-state index contributed by atoms with van der Waals surface area (Å²) in [5.41, 5.74) is 4.79. The van der Waals surface area contributed by atoms with Crippen LogP contribution in [-0.2, 0) is 0 Å². The number of imidazole rings is 1. The smallest absolute Gasteiger partial charge is 0.315 e. The summed E-state index contributed by atoms with van der Waals surface area (Å²) >= 11 is 0. The van der Waals surface area contributed by atoms with Gasteiger partial charge in [-0.1, -0.05) is 19.1 Å². The monoisotopic (exact) mass is 369 g/mol. The maximum absolute atomic E-state index is 11.4. The quantitative estimate of drug-likeness (QED) is 0.355. The van der Waals surface area contributed by atoms with Gasteiger partial charge in [0.1, 0.15) is 0 Å². The lowest BCUT2D eigenvalue weighted by molar-refractivity contribution is -0.386. The molecular formula is C18H19N5O4. The molecule has 9 nitrogen and oxygen atoms in total. The molecule has 0 saturated carbocycles. The molecule has 0 aliphatic rings. The van der Waals surface area contributed by atoms with Crippen LogP contribution in [-0.4, -0.2) is 34.8 Å². The van der Waals surface area contributed by atoms with E-state index in [1.54, 1.807) is 6.07 Å². The number of nitrogens with zero attached hydrogens (tertiary/aromatic N) is 3. The number of aromatic amines is 1. The van der Waals surface area contributed by atoms with Crippen molar-refractivity contribution in [3.8, 4) is 11.5 Å². The van der Waals surface area contributed by atoms with E-state index >= 15 is 0 Å². The predicted molar refractivity (Wildman–Crippen MR) is 103 cm³/mol. The van der Waals surface area contributed by atoms with Crippen molar-refractivity contribution in [2.75, 3.05) is 19.1 Å². The number of hydrazone groups is 1. The molecule has 3 rings (SSSR count). The average molecular weight is 369 g/mol. The number of rotatable bonds is 8. The molecule has 0 bridgehead atoms. The summed E-state index contributed by atoms with van der Waals surface area (Å²) in [6.45, 7) is 2.28. The molecule has 0 aliphatic carbocycles. The van der Waals surface area contributed by atoms with Crippen LogP contribution in [0.25, 0.3) is 11.0 Å². The molecule has 0 saturated heterocycles. The Bertz CT molecular complexity index is 950. The Morgan fingerprint density at radius 2 is 2.19 bits per heavy atom. The zero-order chi connectivity index (χ0) is 19.2. The minimum atomic E-state index is -0.502. The van der Waals surface area contributed by atoms with E-state index in [-0.39, 0.29) is 17.2 Å². The molecule has 3 aromatic rings. The van der Waals surface area contributed by atoms with Crippen molar-refractivity contribution in [3.05, 3.63) is 52.1 Å². The van der Waals surface area contributed by atoms with Crippen molar-refractivity contribution in [1.29, 1.82) is 0 Å². The minimum absolute atomic E-state index is 0.117. The molecule has 0 fully saturated rings. The van der Waals surface area contributed by atoms with Gasteiger partial charge in [-0.2, -0.15) is 5.10 Å². The average Bonchev–Trinajstić information content (AvgIpc) is 3.08. The Morgan fingerprint density at radius 1 is 1.37 bits per heavy atom. The maximum Gasteiger partial charge on any atom is 0.315 e. The molecule has 2 N–H and O–H groups in total. The van der Waals surface area contributed by atoms with Crippen LogP contribution in [0.4, 0.5) is 11.6 Å². The summed E-state index contributed by atoms with van der Waals surface area (Å²) in [6, 6.07) is 10.6. The summed E-state index contributed by atoms with van der Waals surface area (Å²) in [4.78, 5) is 18.3. The predicted octanol–water partition coefficient (Wildman–Crippen LogP) is 3.71. The molecule has 9 heteroatoms. The van der Waals surface area contributed by atoms with Crippen molar-refractivity contribution in [2.45, 2.75) is 13.3 Å². The highest BCUT2D eigenvalue weighted by Gasteiger charge is 2.21. The highest BCUT2D eigenvalue weighted by molar-refractivity contribution is 5.84. The van der Waals surface area contributed by atoms with E-state index in [0.717, 1.165) is 17.5 Å². The number of nitro benzene ring substituents is 1. The van der Waals surface area contributed by atoms with Gasteiger partial charge >= 0.3 is 5.69 Å². The van der Waals surface area contributed by atoms with Gasteiger partial charge < -0.3 is 14.5 Å². The molecule has 140 valence electrons. The Hall–Kier alpha value is -3.62. The Kier molecular flexibility index (Phi) is 5.50. The number of ether oxygens (including phenoxy) is 2. The van der Waals surface area contributed by atoms with E-state index in [0.29, 0.717) is 18.1 Å². The number of aromatic nitrogens is 2. The van der Waals surface area contributed by atoms with Crippen molar-refractivity contribution in [2.24, 2.45) is 5.10 Å². The number of para-hydroxylation sites is 2. The van der Waals surface area contributed by atoms with E-state index in [9.17, 15) is 10.1 Å². The highest BCUT2D eigenvalue weighted by atomic mass is 16.6. The third-order valence-corrected chi connectivity index (χ3v) is 3.70. The summed E-state index contributed by atoms with van der Waals surface area (Å²) < 4.78 is 10.7. The second-order valence-corrected chi connectivity index (χ2v) is 5.65. The van der Waals surface area contributed by atoms with Gasteiger partial charge in [-0.3, -0.25) is 10.1 Å². The molecule has 1 aromatic heterocycles. The van der Waals surface area contributed by atoms with Gasteiger partial charge in [0.15, 0.2) is 5.75 Å². The molecule has 0 amide bonds. The van der Waals surface area contributed by atoms with Crippen LogP contribution in [0.5, 0.6) is 11.5 Å². The number of nitrogens with one attached hydrogen (secondary N) is 2. The Balaban J connectivity index is 1.83. The first kappa shape index (κ1) is 18.2. The van der Waals surface area contributed by atoms with E-state index in [4.69, 9.17) is 9.47 Å². The number of fused-ring (bicyclic) bond motifs is 1. The van der Waals surface area contributed by atoms with Crippen LogP contribution in [0.1, 0.15) is 18.9 Å². The zero-order valence-corrected chi connectivity index (χ0v) is 14.9. The number of methoxy groups -OCH3 is 1. The first-order valence-corrected chi connectivity index (χ1v) is 8.35. The van der Waals surface area contributed by atoms with Crippen molar-refractivity contribution >= 4 is 28.9 Å². The fourth-order valence-electron chi connectivity index (χ4n) is 2.49. The van der Waals surface area contributed by atoms with Gasteiger partial charge in [-0.15, -0.1) is 0 Å². The summed E-state index contributed by atoms with van der Waals surface area (Å²) in [7, 11) is 1.44. The lowest BCUT2D eigenvalue weighted by Gasteiger charge is -2.11. The normalized spacial score (nSPS) is 11.0. The molecule has 2 aromatic carbocycles. The van der Waals surface area contributed by atoms with Crippen LogP contribution in [0.2, 0.25) is 0 Å². The summed E-state index contributed by atoms with van der Waals surface area (Å²) in [6.07, 6.45) is 2.18. The molecule has 1 heterocycles. The largest absolute Gasteiger partial charge is 0.493 e. The van der Waals surface area contributed by atoms with Gasteiger partial charge in [-0.25, -0.2) is 10.4 Å². The molecular weight excluding hydrogens is 350 g/mol. The molecule has 27 heavy (non-hydrogen) atoms. The molecule has 0 unspecified atom stereocenters. The van der Waals surface area contributed by atoms with Gasteiger partial charge in [0.05, 0.1) is 35.9 Å². The number of hydrogen-bond acceptors (Lipinski definition) is 7. The summed E-state index contributed by atoms with van der Waals surface area (Å²) in [5, 5.41) is 15.5. The molecule has 0 atom stereocenters. The van der Waals surface area contributed by atoms with E-state index in [1.807, 2.05) is 31.2 Å². The number of hydrogen-bond donors (Lipinski definition) is 2. The lowest BCUT2D eigenvalue weighted by Crippen LogP contribution is -2.03. The number of nitro groups is 1. The van der Waals surface area contributed by atoms with E-state index in [2.05, 4.69) is 20.5 Å². The van der Waals surface area contributed by atoms with Crippen LogP contribution < -0.4 is 14.9 Å². The van der Waals surface area contributed by atoms with E-state index in [1.165, 1.54) is 19.4 Å². The fourth-order valence-corrected chi connectivity index (χ4v) is 2.49. The van der Waals surface area contributed by atoms with Gasteiger partial charge in [0, 0.05) is 11.6 Å². The topological polar surface area (TPSA) is 115 Å². The number of H-pyrrole nitrogens is 1. The fraction of sp³-hybridized carbons (Fsp3) is 0.222. The lowest BCUT2D eigenvalue weighted by atomic mass is 10.2. The molecule has 0 spiro atoms. The van der Waals surface area contributed by atoms with Crippen molar-refractivity contribution < 1.29 is 14.4 Å².